The zero-order valence-corrected chi connectivity index (χ0v) is 17.5. The standard InChI is InChI=1S/C24H19F3N4O2/c1-14-2-4-15(5-3-14)20(16-6-8-17(9-7-16)24(25,26)27)18-13-30-11-10-28-23(30)21-22(33)19(32)12-29-31(18)21/h2-12,18,20,33H,13H2,1H3/t18-,20+/m1/s1. The largest absolute Gasteiger partial charge is 0.503 e. The van der Waals surface area contributed by atoms with Gasteiger partial charge in [0.05, 0.1) is 17.8 Å². The van der Waals surface area contributed by atoms with E-state index in [1.54, 1.807) is 17.1 Å². The highest BCUT2D eigenvalue weighted by atomic mass is 19.4. The quantitative estimate of drug-likeness (QED) is 0.496. The lowest BCUT2D eigenvalue weighted by Crippen LogP contribution is -2.32. The van der Waals surface area contributed by atoms with Crippen LogP contribution in [0.15, 0.2) is 71.9 Å². The first-order valence-electron chi connectivity index (χ1n) is 10.3. The average Bonchev–Trinajstić information content (AvgIpc) is 3.26. The zero-order valence-electron chi connectivity index (χ0n) is 17.5. The van der Waals surface area contributed by atoms with Gasteiger partial charge in [-0.25, -0.2) is 4.98 Å². The Balaban J connectivity index is 1.71. The molecule has 0 fully saturated rings. The van der Waals surface area contributed by atoms with Gasteiger partial charge in [-0.05, 0) is 30.2 Å². The van der Waals surface area contributed by atoms with E-state index in [0.717, 1.165) is 29.5 Å². The second-order valence-corrected chi connectivity index (χ2v) is 8.13. The van der Waals surface area contributed by atoms with Crippen molar-refractivity contribution >= 4 is 0 Å². The van der Waals surface area contributed by atoms with Gasteiger partial charge < -0.3 is 9.67 Å². The van der Waals surface area contributed by atoms with Crippen molar-refractivity contribution in [3.8, 4) is 17.3 Å². The van der Waals surface area contributed by atoms with Gasteiger partial charge in [0.25, 0.3) is 0 Å². The van der Waals surface area contributed by atoms with Gasteiger partial charge in [0.1, 0.15) is 5.69 Å². The fourth-order valence-electron chi connectivity index (χ4n) is 4.41. The molecule has 1 N–H and O–H groups in total. The molecule has 0 saturated heterocycles. The molecule has 168 valence electrons. The molecule has 2 atom stereocenters. The van der Waals surface area contributed by atoms with Gasteiger partial charge in [-0.15, -0.1) is 0 Å². The van der Waals surface area contributed by atoms with Crippen LogP contribution in [0.1, 0.15) is 34.2 Å². The summed E-state index contributed by atoms with van der Waals surface area (Å²) in [5, 5.41) is 14.9. The summed E-state index contributed by atoms with van der Waals surface area (Å²) in [7, 11) is 0. The number of aromatic hydroxyl groups is 1. The van der Waals surface area contributed by atoms with Crippen LogP contribution in [-0.4, -0.2) is 24.4 Å². The van der Waals surface area contributed by atoms with Crippen molar-refractivity contribution in [2.45, 2.75) is 31.6 Å². The molecule has 6 nitrogen and oxygen atoms in total. The third-order valence-corrected chi connectivity index (χ3v) is 6.03. The molecule has 0 spiro atoms. The predicted octanol–water partition coefficient (Wildman–Crippen LogP) is 4.53. The molecule has 2 aromatic carbocycles. The minimum Gasteiger partial charge on any atom is -0.503 e. The number of halogens is 3. The fourth-order valence-corrected chi connectivity index (χ4v) is 4.41. The zero-order chi connectivity index (χ0) is 23.3. The fraction of sp³-hybridized carbons (Fsp3) is 0.208. The third-order valence-electron chi connectivity index (χ3n) is 6.03. The summed E-state index contributed by atoms with van der Waals surface area (Å²) in [5.41, 5.74) is 1.41. The van der Waals surface area contributed by atoms with E-state index < -0.39 is 34.9 Å². The first-order chi connectivity index (χ1) is 15.7. The third kappa shape index (κ3) is 3.59. The molecule has 1 aliphatic heterocycles. The minimum atomic E-state index is -4.44. The summed E-state index contributed by atoms with van der Waals surface area (Å²) in [4.78, 5) is 16.4. The lowest BCUT2D eigenvalue weighted by atomic mass is 9.83. The molecule has 4 aromatic rings. The van der Waals surface area contributed by atoms with E-state index in [2.05, 4.69) is 10.1 Å². The van der Waals surface area contributed by atoms with Crippen LogP contribution in [0.3, 0.4) is 0 Å². The van der Waals surface area contributed by atoms with E-state index in [9.17, 15) is 23.1 Å². The van der Waals surface area contributed by atoms with Crippen LogP contribution in [-0.2, 0) is 12.7 Å². The van der Waals surface area contributed by atoms with Gasteiger partial charge in [-0.2, -0.15) is 18.3 Å². The van der Waals surface area contributed by atoms with Crippen molar-refractivity contribution < 1.29 is 18.3 Å². The monoisotopic (exact) mass is 452 g/mol. The van der Waals surface area contributed by atoms with E-state index in [1.807, 2.05) is 35.8 Å². The SMILES string of the molecule is Cc1ccc([C@@H](c2ccc(C(F)(F)F)cc2)[C@H]2Cn3ccnc3-c3c(O)c(=O)cnn32)cc1. The van der Waals surface area contributed by atoms with Crippen LogP contribution < -0.4 is 5.43 Å². The molecule has 0 saturated carbocycles. The van der Waals surface area contributed by atoms with Crippen molar-refractivity contribution in [2.24, 2.45) is 0 Å². The highest BCUT2D eigenvalue weighted by Gasteiger charge is 2.36. The number of hydrogen-bond donors (Lipinski definition) is 1. The number of alkyl halides is 3. The Labute approximate surface area is 186 Å². The Morgan fingerprint density at radius 1 is 1.06 bits per heavy atom. The van der Waals surface area contributed by atoms with Crippen molar-refractivity contribution in [1.29, 1.82) is 0 Å². The maximum atomic E-state index is 13.2. The Hall–Kier alpha value is -3.88. The molecule has 2 aromatic heterocycles. The Bertz CT molecular complexity index is 1370. The van der Waals surface area contributed by atoms with Crippen molar-refractivity contribution in [3.05, 3.63) is 99.6 Å². The summed E-state index contributed by atoms with van der Waals surface area (Å²) < 4.78 is 42.9. The van der Waals surface area contributed by atoms with Gasteiger partial charge in [0, 0.05) is 24.9 Å². The lowest BCUT2D eigenvalue weighted by Gasteiger charge is -2.34. The predicted molar refractivity (Wildman–Crippen MR) is 115 cm³/mol. The van der Waals surface area contributed by atoms with Gasteiger partial charge in [-0.1, -0.05) is 42.0 Å². The molecule has 0 aliphatic carbocycles. The van der Waals surface area contributed by atoms with Crippen molar-refractivity contribution in [2.75, 3.05) is 0 Å². The summed E-state index contributed by atoms with van der Waals surface area (Å²) in [5.74, 6) is -0.460. The number of aromatic nitrogens is 4. The molecule has 33 heavy (non-hydrogen) atoms. The van der Waals surface area contributed by atoms with E-state index in [-0.39, 0.29) is 5.69 Å². The highest BCUT2D eigenvalue weighted by molar-refractivity contribution is 5.60. The molecule has 5 rings (SSSR count). The normalized spacial score (nSPS) is 16.2. The van der Waals surface area contributed by atoms with Crippen LogP contribution in [0.25, 0.3) is 11.5 Å². The van der Waals surface area contributed by atoms with Crippen LogP contribution in [0.4, 0.5) is 13.2 Å². The second-order valence-electron chi connectivity index (χ2n) is 8.13. The topological polar surface area (TPSA) is 72.9 Å². The first-order valence-corrected chi connectivity index (χ1v) is 10.3. The maximum Gasteiger partial charge on any atom is 0.416 e. The molecule has 0 bridgehead atoms. The summed E-state index contributed by atoms with van der Waals surface area (Å²) in [6.07, 6.45) is -0.0866. The maximum absolute atomic E-state index is 13.2. The van der Waals surface area contributed by atoms with Crippen molar-refractivity contribution in [3.63, 3.8) is 0 Å². The molecule has 0 amide bonds. The van der Waals surface area contributed by atoms with Crippen LogP contribution >= 0.6 is 0 Å². The average molecular weight is 452 g/mol. The minimum absolute atomic E-state index is 0.188. The van der Waals surface area contributed by atoms with E-state index >= 15 is 0 Å². The molecular formula is C24H19F3N4O2. The second kappa shape index (κ2) is 7.61. The van der Waals surface area contributed by atoms with Crippen LogP contribution in [0.5, 0.6) is 5.75 Å². The molecule has 9 heteroatoms. The number of nitrogens with zero attached hydrogens (tertiary/aromatic N) is 4. The first kappa shape index (κ1) is 21.0. The summed E-state index contributed by atoms with van der Waals surface area (Å²) in [6, 6.07) is 12.4. The number of imidazole rings is 1. The molecule has 3 heterocycles. The molecule has 0 unspecified atom stereocenters. The number of aryl methyl sites for hydroxylation is 1. The lowest BCUT2D eigenvalue weighted by molar-refractivity contribution is -0.137. The summed E-state index contributed by atoms with van der Waals surface area (Å²) >= 11 is 0. The Morgan fingerprint density at radius 2 is 1.70 bits per heavy atom. The Morgan fingerprint density at radius 3 is 2.33 bits per heavy atom. The molecule has 1 aliphatic rings. The van der Waals surface area contributed by atoms with Gasteiger partial charge in [0.2, 0.25) is 5.43 Å². The van der Waals surface area contributed by atoms with Crippen molar-refractivity contribution in [1.82, 2.24) is 19.3 Å². The highest BCUT2D eigenvalue weighted by Crippen LogP contribution is 2.43. The van der Waals surface area contributed by atoms with Crippen LogP contribution in [0, 0.1) is 6.92 Å². The number of rotatable bonds is 3. The van der Waals surface area contributed by atoms with Crippen LogP contribution in [0.2, 0.25) is 0 Å². The summed E-state index contributed by atoms with van der Waals surface area (Å²) in [6.45, 7) is 2.35. The van der Waals surface area contributed by atoms with E-state index in [0.29, 0.717) is 17.9 Å². The molecular weight excluding hydrogens is 433 g/mol. The van der Waals surface area contributed by atoms with Gasteiger partial charge in [-0.3, -0.25) is 9.48 Å². The number of fused-ring (bicyclic) bond motifs is 3. The smallest absolute Gasteiger partial charge is 0.416 e. The van der Waals surface area contributed by atoms with Gasteiger partial charge in [0.15, 0.2) is 11.6 Å². The number of benzene rings is 2. The molecule has 0 radical (unpaired) electrons. The Kier molecular flexibility index (Phi) is 4.84. The van der Waals surface area contributed by atoms with Gasteiger partial charge >= 0.3 is 6.18 Å². The number of hydrogen-bond acceptors (Lipinski definition) is 4. The van der Waals surface area contributed by atoms with E-state index in [4.69, 9.17) is 0 Å². The van der Waals surface area contributed by atoms with E-state index in [1.165, 1.54) is 12.1 Å².